The van der Waals surface area contributed by atoms with E-state index in [4.69, 9.17) is 0 Å². The predicted octanol–water partition coefficient (Wildman–Crippen LogP) is 2.64. The molecule has 1 aliphatic rings. The van der Waals surface area contributed by atoms with Crippen LogP contribution in [0.5, 0.6) is 0 Å². The van der Waals surface area contributed by atoms with Crippen molar-refractivity contribution in [3.63, 3.8) is 0 Å². The monoisotopic (exact) mass is 263 g/mol. The maximum absolute atomic E-state index is 11.3. The van der Waals surface area contributed by atoms with Crippen LogP contribution in [0.25, 0.3) is 0 Å². The third-order valence-corrected chi connectivity index (χ3v) is 3.88. The minimum absolute atomic E-state index is 0.232. The van der Waals surface area contributed by atoms with Crippen LogP contribution >= 0.6 is 0 Å². The zero-order valence-corrected chi connectivity index (χ0v) is 11.8. The number of esters is 1. The number of aromatic nitrogens is 2. The van der Waals surface area contributed by atoms with Gasteiger partial charge < -0.3 is 10.1 Å². The first-order chi connectivity index (χ1) is 9.03. The van der Waals surface area contributed by atoms with E-state index in [-0.39, 0.29) is 11.1 Å². The zero-order chi connectivity index (χ0) is 13.9. The lowest BCUT2D eigenvalue weighted by atomic mass is 9.73. The van der Waals surface area contributed by atoms with E-state index in [1.165, 1.54) is 32.6 Å². The second-order valence-corrected chi connectivity index (χ2v) is 5.71. The molecular weight excluding hydrogens is 242 g/mol. The first-order valence-corrected chi connectivity index (χ1v) is 6.70. The molecule has 0 saturated heterocycles. The van der Waals surface area contributed by atoms with Gasteiger partial charge in [0.25, 0.3) is 0 Å². The highest BCUT2D eigenvalue weighted by atomic mass is 16.5. The molecule has 0 amide bonds. The Morgan fingerprint density at radius 2 is 2.16 bits per heavy atom. The molecule has 1 saturated carbocycles. The molecule has 19 heavy (non-hydrogen) atoms. The second kappa shape index (κ2) is 5.55. The minimum atomic E-state index is -0.461. The Hall–Kier alpha value is -1.65. The fourth-order valence-electron chi connectivity index (χ4n) is 2.55. The van der Waals surface area contributed by atoms with E-state index in [1.54, 1.807) is 6.20 Å². The van der Waals surface area contributed by atoms with Crippen LogP contribution < -0.4 is 5.32 Å². The average Bonchev–Trinajstić information content (AvgIpc) is 2.41. The summed E-state index contributed by atoms with van der Waals surface area (Å²) in [4.78, 5) is 19.6. The van der Waals surface area contributed by atoms with E-state index in [9.17, 15) is 4.79 Å². The number of hydrogen-bond acceptors (Lipinski definition) is 5. The van der Waals surface area contributed by atoms with Gasteiger partial charge in [-0.05, 0) is 18.3 Å². The maximum atomic E-state index is 11.3. The summed E-state index contributed by atoms with van der Waals surface area (Å²) in [5.74, 6) is 0.254. The number of hydrogen-bond donors (Lipinski definition) is 1. The van der Waals surface area contributed by atoms with Crippen LogP contribution in [-0.2, 0) is 4.74 Å². The number of rotatable bonds is 3. The van der Waals surface area contributed by atoms with Crippen LogP contribution in [0.4, 0.5) is 5.82 Å². The summed E-state index contributed by atoms with van der Waals surface area (Å²) in [6.45, 7) is 4.56. The van der Waals surface area contributed by atoms with Gasteiger partial charge in [0.05, 0.1) is 19.5 Å². The number of ether oxygens (including phenoxy) is 1. The van der Waals surface area contributed by atoms with Crippen molar-refractivity contribution in [2.24, 2.45) is 5.41 Å². The summed E-state index contributed by atoms with van der Waals surface area (Å²) in [6.07, 6.45) is 7.94. The van der Waals surface area contributed by atoms with Crippen molar-refractivity contribution < 1.29 is 9.53 Å². The lowest BCUT2D eigenvalue weighted by Gasteiger charge is -2.39. The van der Waals surface area contributed by atoms with Crippen molar-refractivity contribution >= 4 is 11.8 Å². The number of nitrogens with one attached hydrogen (secondary N) is 1. The first kappa shape index (κ1) is 13.8. The van der Waals surface area contributed by atoms with Gasteiger partial charge in [0, 0.05) is 6.04 Å². The molecule has 2 rings (SSSR count). The van der Waals surface area contributed by atoms with Crippen LogP contribution in [-0.4, -0.2) is 29.1 Å². The number of carbonyl (C=O) groups excluding carboxylic acids is 1. The molecular formula is C14H21N3O2. The van der Waals surface area contributed by atoms with Crippen molar-refractivity contribution in [3.05, 3.63) is 18.1 Å². The summed E-state index contributed by atoms with van der Waals surface area (Å²) < 4.78 is 4.60. The number of anilines is 1. The molecule has 104 valence electrons. The molecule has 1 aromatic rings. The quantitative estimate of drug-likeness (QED) is 0.849. The van der Waals surface area contributed by atoms with Crippen molar-refractivity contribution in [3.8, 4) is 0 Å². The molecule has 1 N–H and O–H groups in total. The molecule has 1 atom stereocenters. The van der Waals surface area contributed by atoms with Gasteiger partial charge in [0.2, 0.25) is 0 Å². The summed E-state index contributed by atoms with van der Waals surface area (Å²) in [7, 11) is 1.33. The van der Waals surface area contributed by atoms with E-state index in [0.29, 0.717) is 11.9 Å². The first-order valence-electron chi connectivity index (χ1n) is 6.70. The molecule has 0 spiro atoms. The fraction of sp³-hybridized carbons (Fsp3) is 0.643. The van der Waals surface area contributed by atoms with Crippen molar-refractivity contribution in [1.29, 1.82) is 0 Å². The number of nitrogens with zero attached hydrogens (tertiary/aromatic N) is 2. The Bertz CT molecular complexity index is 443. The van der Waals surface area contributed by atoms with Crippen LogP contribution in [0, 0.1) is 5.41 Å². The molecule has 0 bridgehead atoms. The van der Waals surface area contributed by atoms with Crippen LogP contribution in [0.3, 0.4) is 0 Å². The molecule has 1 aromatic heterocycles. The fourth-order valence-corrected chi connectivity index (χ4v) is 2.55. The average molecular weight is 263 g/mol. The van der Waals surface area contributed by atoms with Gasteiger partial charge in [-0.15, -0.1) is 0 Å². The zero-order valence-electron chi connectivity index (χ0n) is 11.8. The van der Waals surface area contributed by atoms with Crippen LogP contribution in [0.2, 0.25) is 0 Å². The van der Waals surface area contributed by atoms with Crippen LogP contribution in [0.1, 0.15) is 50.0 Å². The van der Waals surface area contributed by atoms with Gasteiger partial charge in [-0.1, -0.05) is 26.7 Å². The van der Waals surface area contributed by atoms with Gasteiger partial charge in [-0.2, -0.15) is 0 Å². The Labute approximate surface area is 113 Å². The molecule has 1 heterocycles. The standard InChI is InChI=1S/C14H21N3O2/c1-14(2)7-5-4-6-11(14)17-12-9-15-10(8-16-12)13(18)19-3/h8-9,11H,4-7H2,1-3H3,(H,16,17). The van der Waals surface area contributed by atoms with Crippen molar-refractivity contribution in [1.82, 2.24) is 9.97 Å². The van der Waals surface area contributed by atoms with Gasteiger partial charge in [0.1, 0.15) is 5.82 Å². The Kier molecular flexibility index (Phi) is 4.02. The predicted molar refractivity (Wildman–Crippen MR) is 73.0 cm³/mol. The molecule has 1 unspecified atom stereocenters. The number of carbonyl (C=O) groups is 1. The largest absolute Gasteiger partial charge is 0.464 e. The molecule has 5 nitrogen and oxygen atoms in total. The highest BCUT2D eigenvalue weighted by molar-refractivity contribution is 5.86. The topological polar surface area (TPSA) is 64.1 Å². The SMILES string of the molecule is COC(=O)c1cnc(NC2CCCCC2(C)C)cn1. The lowest BCUT2D eigenvalue weighted by Crippen LogP contribution is -2.39. The summed E-state index contributed by atoms with van der Waals surface area (Å²) >= 11 is 0. The van der Waals surface area contributed by atoms with Gasteiger partial charge in [-0.25, -0.2) is 14.8 Å². The summed E-state index contributed by atoms with van der Waals surface area (Å²) in [6, 6.07) is 0.402. The smallest absolute Gasteiger partial charge is 0.358 e. The Morgan fingerprint density at radius 1 is 1.37 bits per heavy atom. The second-order valence-electron chi connectivity index (χ2n) is 5.71. The molecule has 0 aliphatic heterocycles. The van der Waals surface area contributed by atoms with E-state index in [2.05, 4.69) is 33.9 Å². The van der Waals surface area contributed by atoms with Crippen LogP contribution in [0.15, 0.2) is 12.4 Å². The molecule has 0 aromatic carbocycles. The highest BCUT2D eigenvalue weighted by Crippen LogP contribution is 2.36. The van der Waals surface area contributed by atoms with E-state index >= 15 is 0 Å². The van der Waals surface area contributed by atoms with E-state index in [1.807, 2.05) is 0 Å². The molecule has 0 radical (unpaired) electrons. The Morgan fingerprint density at radius 3 is 2.74 bits per heavy atom. The Balaban J connectivity index is 2.05. The van der Waals surface area contributed by atoms with Crippen molar-refractivity contribution in [2.75, 3.05) is 12.4 Å². The molecule has 1 fully saturated rings. The summed E-state index contributed by atoms with van der Waals surface area (Å²) in [5.41, 5.74) is 0.497. The maximum Gasteiger partial charge on any atom is 0.358 e. The van der Waals surface area contributed by atoms with Gasteiger partial charge >= 0.3 is 5.97 Å². The lowest BCUT2D eigenvalue weighted by molar-refractivity contribution is 0.0593. The third-order valence-electron chi connectivity index (χ3n) is 3.88. The highest BCUT2D eigenvalue weighted by Gasteiger charge is 2.32. The molecule has 5 heteroatoms. The normalized spacial score (nSPS) is 21.7. The molecule has 1 aliphatic carbocycles. The van der Waals surface area contributed by atoms with E-state index < -0.39 is 5.97 Å². The summed E-state index contributed by atoms with van der Waals surface area (Å²) in [5, 5.41) is 3.43. The van der Waals surface area contributed by atoms with E-state index in [0.717, 1.165) is 6.42 Å². The van der Waals surface area contributed by atoms with Gasteiger partial charge in [-0.3, -0.25) is 0 Å². The van der Waals surface area contributed by atoms with Gasteiger partial charge in [0.15, 0.2) is 5.69 Å². The minimum Gasteiger partial charge on any atom is -0.464 e. The van der Waals surface area contributed by atoms with Crippen molar-refractivity contribution in [2.45, 2.75) is 45.6 Å². The third kappa shape index (κ3) is 3.22. The number of methoxy groups -OCH3 is 1.